The van der Waals surface area contributed by atoms with Gasteiger partial charge in [0.2, 0.25) is 0 Å². The van der Waals surface area contributed by atoms with E-state index in [0.717, 1.165) is 11.5 Å². The van der Waals surface area contributed by atoms with Crippen molar-refractivity contribution < 1.29 is 4.74 Å². The van der Waals surface area contributed by atoms with Gasteiger partial charge in [0.1, 0.15) is 12.4 Å². The van der Waals surface area contributed by atoms with Gasteiger partial charge in [-0.3, -0.25) is 0 Å². The largest absolute Gasteiger partial charge is 0.488 e. The highest BCUT2D eigenvalue weighted by atomic mass is 32.2. The van der Waals surface area contributed by atoms with E-state index < -0.39 is 0 Å². The van der Waals surface area contributed by atoms with Crippen molar-refractivity contribution in [2.24, 2.45) is 0 Å². The zero-order valence-electron chi connectivity index (χ0n) is 11.8. The fourth-order valence-corrected chi connectivity index (χ4v) is 2.67. The van der Waals surface area contributed by atoms with Crippen molar-refractivity contribution in [1.29, 1.82) is 0 Å². The van der Waals surface area contributed by atoms with E-state index in [2.05, 4.69) is 62.6 Å². The fourth-order valence-electron chi connectivity index (χ4n) is 2.16. The highest BCUT2D eigenvalue weighted by molar-refractivity contribution is 7.97. The normalized spacial score (nSPS) is 10.5. The van der Waals surface area contributed by atoms with E-state index in [0.29, 0.717) is 6.61 Å². The molecule has 19 heavy (non-hydrogen) atoms. The number of rotatable bonds is 5. The summed E-state index contributed by atoms with van der Waals surface area (Å²) in [6.45, 7) is 4.81. The van der Waals surface area contributed by atoms with Crippen molar-refractivity contribution in [2.75, 3.05) is 6.26 Å². The van der Waals surface area contributed by atoms with Crippen molar-refractivity contribution in [3.05, 3.63) is 64.7 Å². The van der Waals surface area contributed by atoms with Crippen LogP contribution >= 0.6 is 11.8 Å². The van der Waals surface area contributed by atoms with Gasteiger partial charge < -0.3 is 4.74 Å². The standard InChI is InChI=1S/C17H20OS/c1-13-6-4-7-14(2)17(13)18-11-15-8-5-9-16(10-15)12-19-3/h4-10H,11-12H2,1-3H3. The molecule has 100 valence electrons. The second-order valence-electron chi connectivity index (χ2n) is 4.76. The van der Waals surface area contributed by atoms with Gasteiger partial charge in [-0.15, -0.1) is 0 Å². The van der Waals surface area contributed by atoms with Crippen LogP contribution in [-0.4, -0.2) is 6.26 Å². The maximum absolute atomic E-state index is 5.98. The van der Waals surface area contributed by atoms with Gasteiger partial charge >= 0.3 is 0 Å². The van der Waals surface area contributed by atoms with Gasteiger partial charge in [-0.25, -0.2) is 0 Å². The highest BCUT2D eigenvalue weighted by Crippen LogP contribution is 2.23. The summed E-state index contributed by atoms with van der Waals surface area (Å²) in [4.78, 5) is 0. The molecule has 0 atom stereocenters. The van der Waals surface area contributed by atoms with Crippen molar-refractivity contribution in [2.45, 2.75) is 26.2 Å². The SMILES string of the molecule is CSCc1cccc(COc2c(C)cccc2C)c1. The number of aryl methyl sites for hydroxylation is 2. The molecule has 0 bridgehead atoms. The second kappa shape index (κ2) is 6.67. The molecule has 0 fully saturated rings. The summed E-state index contributed by atoms with van der Waals surface area (Å²) in [5.41, 5.74) is 4.98. The zero-order valence-corrected chi connectivity index (χ0v) is 12.6. The molecule has 0 amide bonds. The first-order chi connectivity index (χ1) is 9.20. The molecule has 2 rings (SSSR count). The van der Waals surface area contributed by atoms with Crippen molar-refractivity contribution in [3.8, 4) is 5.75 Å². The van der Waals surface area contributed by atoms with E-state index in [4.69, 9.17) is 4.74 Å². The number of hydrogen-bond donors (Lipinski definition) is 0. The average Bonchev–Trinajstić information content (AvgIpc) is 2.39. The van der Waals surface area contributed by atoms with Crippen molar-refractivity contribution >= 4 is 11.8 Å². The van der Waals surface area contributed by atoms with Crippen LogP contribution in [0.3, 0.4) is 0 Å². The summed E-state index contributed by atoms with van der Waals surface area (Å²) in [6, 6.07) is 14.9. The maximum Gasteiger partial charge on any atom is 0.125 e. The molecule has 2 aromatic rings. The third kappa shape index (κ3) is 3.77. The predicted octanol–water partition coefficient (Wildman–Crippen LogP) is 4.75. The van der Waals surface area contributed by atoms with Gasteiger partial charge in [-0.1, -0.05) is 42.5 Å². The third-order valence-electron chi connectivity index (χ3n) is 3.09. The molecule has 0 aromatic heterocycles. The van der Waals surface area contributed by atoms with E-state index in [9.17, 15) is 0 Å². The average molecular weight is 272 g/mol. The molecule has 0 radical (unpaired) electrons. The predicted molar refractivity (Wildman–Crippen MR) is 83.9 cm³/mol. The molecular formula is C17H20OS. The zero-order chi connectivity index (χ0) is 13.7. The Bertz CT molecular complexity index is 528. The molecule has 0 unspecified atom stereocenters. The van der Waals surface area contributed by atoms with Crippen LogP contribution in [0.5, 0.6) is 5.75 Å². The molecule has 0 aliphatic rings. The molecule has 2 heteroatoms. The Balaban J connectivity index is 2.08. The quantitative estimate of drug-likeness (QED) is 0.777. The molecule has 0 heterocycles. The molecule has 0 saturated heterocycles. The van der Waals surface area contributed by atoms with Crippen LogP contribution in [0.2, 0.25) is 0 Å². The molecule has 0 aliphatic carbocycles. The minimum atomic E-state index is 0.633. The number of thioether (sulfide) groups is 1. The first kappa shape index (κ1) is 14.0. The van der Waals surface area contributed by atoms with E-state index in [1.807, 2.05) is 11.8 Å². The number of hydrogen-bond acceptors (Lipinski definition) is 2. The summed E-state index contributed by atoms with van der Waals surface area (Å²) < 4.78 is 5.98. The Morgan fingerprint density at radius 3 is 2.26 bits per heavy atom. The first-order valence-corrected chi connectivity index (χ1v) is 7.86. The summed E-state index contributed by atoms with van der Waals surface area (Å²) in [6.07, 6.45) is 2.12. The summed E-state index contributed by atoms with van der Waals surface area (Å²) >= 11 is 1.84. The number of benzene rings is 2. The second-order valence-corrected chi connectivity index (χ2v) is 5.63. The minimum Gasteiger partial charge on any atom is -0.488 e. The Kier molecular flexibility index (Phi) is 4.92. The molecule has 2 aromatic carbocycles. The molecule has 0 aliphatic heterocycles. The van der Waals surface area contributed by atoms with Gasteiger partial charge in [-0.05, 0) is 42.4 Å². The Hall–Kier alpha value is -1.41. The van der Waals surface area contributed by atoms with Crippen molar-refractivity contribution in [1.82, 2.24) is 0 Å². The van der Waals surface area contributed by atoms with E-state index >= 15 is 0 Å². The van der Waals surface area contributed by atoms with Crippen LogP contribution in [0.4, 0.5) is 0 Å². The lowest BCUT2D eigenvalue weighted by Gasteiger charge is -2.12. The monoisotopic (exact) mass is 272 g/mol. The maximum atomic E-state index is 5.98. The lowest BCUT2D eigenvalue weighted by atomic mass is 10.1. The Morgan fingerprint density at radius 1 is 0.947 bits per heavy atom. The molecular weight excluding hydrogens is 252 g/mol. The van der Waals surface area contributed by atoms with Crippen LogP contribution in [0.1, 0.15) is 22.3 Å². The van der Waals surface area contributed by atoms with Gasteiger partial charge in [0.05, 0.1) is 0 Å². The van der Waals surface area contributed by atoms with Gasteiger partial charge in [0, 0.05) is 5.75 Å². The minimum absolute atomic E-state index is 0.633. The van der Waals surface area contributed by atoms with Gasteiger partial charge in [0.25, 0.3) is 0 Å². The van der Waals surface area contributed by atoms with E-state index in [1.54, 1.807) is 0 Å². The molecule has 1 nitrogen and oxygen atoms in total. The van der Waals surface area contributed by atoms with Crippen LogP contribution in [0.15, 0.2) is 42.5 Å². The molecule has 0 saturated carbocycles. The Labute approximate surface area is 120 Å². The molecule has 0 spiro atoms. The van der Waals surface area contributed by atoms with Crippen LogP contribution in [-0.2, 0) is 12.4 Å². The van der Waals surface area contributed by atoms with Crippen LogP contribution in [0, 0.1) is 13.8 Å². The summed E-state index contributed by atoms with van der Waals surface area (Å²) in [5, 5.41) is 0. The third-order valence-corrected chi connectivity index (χ3v) is 3.72. The van der Waals surface area contributed by atoms with E-state index in [1.165, 1.54) is 22.3 Å². The fraction of sp³-hybridized carbons (Fsp3) is 0.294. The number of para-hydroxylation sites is 1. The summed E-state index contributed by atoms with van der Waals surface area (Å²) in [5.74, 6) is 2.06. The highest BCUT2D eigenvalue weighted by Gasteiger charge is 2.04. The topological polar surface area (TPSA) is 9.23 Å². The molecule has 0 N–H and O–H groups in total. The first-order valence-electron chi connectivity index (χ1n) is 6.46. The van der Waals surface area contributed by atoms with Gasteiger partial charge in [0.15, 0.2) is 0 Å². The van der Waals surface area contributed by atoms with E-state index in [-0.39, 0.29) is 0 Å². The van der Waals surface area contributed by atoms with Crippen molar-refractivity contribution in [3.63, 3.8) is 0 Å². The van der Waals surface area contributed by atoms with Gasteiger partial charge in [-0.2, -0.15) is 11.8 Å². The van der Waals surface area contributed by atoms with Crippen LogP contribution in [0.25, 0.3) is 0 Å². The Morgan fingerprint density at radius 2 is 1.58 bits per heavy atom. The van der Waals surface area contributed by atoms with Crippen LogP contribution < -0.4 is 4.74 Å². The smallest absolute Gasteiger partial charge is 0.125 e. The number of ether oxygens (including phenoxy) is 1. The summed E-state index contributed by atoms with van der Waals surface area (Å²) in [7, 11) is 0. The lowest BCUT2D eigenvalue weighted by molar-refractivity contribution is 0.302. The lowest BCUT2D eigenvalue weighted by Crippen LogP contribution is -1.99.